The lowest BCUT2D eigenvalue weighted by Gasteiger charge is -2.27. The number of nitriles is 1. The summed E-state index contributed by atoms with van der Waals surface area (Å²) in [6.07, 6.45) is 2.58. The van der Waals surface area contributed by atoms with Crippen LogP contribution in [-0.4, -0.2) is 18.5 Å². The van der Waals surface area contributed by atoms with Crippen molar-refractivity contribution in [2.45, 2.75) is 31.1 Å². The number of para-hydroxylation sites is 1. The number of nitrogens with one attached hydrogen (secondary N) is 1. The number of carbonyl (C=O) groups excluding carboxylic acids is 2. The van der Waals surface area contributed by atoms with E-state index in [0.717, 1.165) is 12.8 Å². The van der Waals surface area contributed by atoms with Crippen molar-refractivity contribution in [3.05, 3.63) is 65.5 Å². The Labute approximate surface area is 156 Å². The minimum Gasteiger partial charge on any atom is -0.455 e. The fraction of sp³-hybridized carbons (Fsp3) is 0.286. The summed E-state index contributed by atoms with van der Waals surface area (Å²) in [4.78, 5) is 24.9. The highest BCUT2D eigenvalue weighted by atomic mass is 19.1. The molecule has 5 nitrogen and oxygen atoms in total. The van der Waals surface area contributed by atoms with Gasteiger partial charge in [-0.3, -0.25) is 9.59 Å². The number of carbonyl (C=O) groups is 2. The second kappa shape index (κ2) is 8.00. The number of hydrogen-bond donors (Lipinski definition) is 1. The van der Waals surface area contributed by atoms with E-state index in [2.05, 4.69) is 5.32 Å². The van der Waals surface area contributed by atoms with Crippen molar-refractivity contribution < 1.29 is 18.7 Å². The van der Waals surface area contributed by atoms with Gasteiger partial charge in [0.15, 0.2) is 6.61 Å². The van der Waals surface area contributed by atoms with Crippen molar-refractivity contribution in [1.29, 1.82) is 5.26 Å². The summed E-state index contributed by atoms with van der Waals surface area (Å²) >= 11 is 0. The summed E-state index contributed by atoms with van der Waals surface area (Å²) < 4.78 is 19.5. The molecule has 6 heteroatoms. The first-order valence-electron chi connectivity index (χ1n) is 8.78. The molecule has 1 amide bonds. The smallest absolute Gasteiger partial charge is 0.317 e. The van der Waals surface area contributed by atoms with E-state index >= 15 is 0 Å². The lowest BCUT2D eigenvalue weighted by atomic mass is 9.78. The summed E-state index contributed by atoms with van der Waals surface area (Å²) in [5, 5.41) is 11.6. The fourth-order valence-corrected chi connectivity index (χ4v) is 3.56. The highest BCUT2D eigenvalue weighted by Gasteiger charge is 2.45. The van der Waals surface area contributed by atoms with Gasteiger partial charge in [-0.05, 0) is 31.0 Å². The molecule has 0 saturated heterocycles. The number of esters is 1. The fourth-order valence-electron chi connectivity index (χ4n) is 3.56. The molecule has 0 heterocycles. The summed E-state index contributed by atoms with van der Waals surface area (Å²) in [5.41, 5.74) is -0.0554. The quantitative estimate of drug-likeness (QED) is 0.819. The molecule has 1 aliphatic rings. The Morgan fingerprint density at radius 3 is 2.48 bits per heavy atom. The molecule has 0 atom stereocenters. The monoisotopic (exact) mass is 366 g/mol. The number of halogens is 1. The number of hydrogen-bond acceptors (Lipinski definition) is 4. The van der Waals surface area contributed by atoms with E-state index in [4.69, 9.17) is 10.00 Å². The Balaban J connectivity index is 1.70. The Morgan fingerprint density at radius 1 is 1.11 bits per heavy atom. The van der Waals surface area contributed by atoms with E-state index in [9.17, 15) is 14.0 Å². The summed E-state index contributed by atoms with van der Waals surface area (Å²) in [6, 6.07) is 14.7. The maximum absolute atomic E-state index is 14.3. The number of amides is 1. The van der Waals surface area contributed by atoms with Crippen LogP contribution in [0.25, 0.3) is 0 Å². The van der Waals surface area contributed by atoms with E-state index in [1.54, 1.807) is 42.5 Å². The second-order valence-electron chi connectivity index (χ2n) is 6.55. The van der Waals surface area contributed by atoms with Crippen molar-refractivity contribution in [3.8, 4) is 6.07 Å². The molecule has 1 saturated carbocycles. The standard InChI is InChI=1S/C21H19FN2O3/c22-17-9-3-2-8-16(17)21(11-5-6-12-21)20(26)27-14-19(25)24-18-10-4-1-7-15(18)13-23/h1-4,7-10H,5-6,11-12,14H2,(H,24,25). The molecule has 0 spiro atoms. The van der Waals surface area contributed by atoms with Crippen molar-refractivity contribution in [2.24, 2.45) is 0 Å². The van der Waals surface area contributed by atoms with Crippen LogP contribution >= 0.6 is 0 Å². The van der Waals surface area contributed by atoms with Crippen LogP contribution < -0.4 is 5.32 Å². The predicted octanol–water partition coefficient (Wildman–Crippen LogP) is 3.69. The van der Waals surface area contributed by atoms with E-state index in [1.807, 2.05) is 6.07 Å². The van der Waals surface area contributed by atoms with Gasteiger partial charge in [0.25, 0.3) is 5.91 Å². The SMILES string of the molecule is N#Cc1ccccc1NC(=O)COC(=O)C1(c2ccccc2F)CCCC1. The number of anilines is 1. The van der Waals surface area contributed by atoms with Crippen LogP contribution in [0, 0.1) is 17.1 Å². The predicted molar refractivity (Wildman–Crippen MR) is 97.3 cm³/mol. The van der Waals surface area contributed by atoms with Crippen molar-refractivity contribution in [3.63, 3.8) is 0 Å². The minimum atomic E-state index is -1.05. The molecule has 3 rings (SSSR count). The Hall–Kier alpha value is -3.20. The van der Waals surface area contributed by atoms with Crippen LogP contribution in [0.3, 0.4) is 0 Å². The van der Waals surface area contributed by atoms with E-state index in [0.29, 0.717) is 29.7 Å². The Kier molecular flexibility index (Phi) is 5.51. The highest BCUT2D eigenvalue weighted by molar-refractivity contribution is 5.95. The largest absolute Gasteiger partial charge is 0.455 e. The number of nitrogens with zero attached hydrogens (tertiary/aromatic N) is 1. The van der Waals surface area contributed by atoms with Crippen molar-refractivity contribution in [2.75, 3.05) is 11.9 Å². The van der Waals surface area contributed by atoms with Gasteiger partial charge in [-0.2, -0.15) is 5.26 Å². The first kappa shape index (κ1) is 18.6. The Bertz CT molecular complexity index is 898. The number of rotatable bonds is 5. The third-order valence-electron chi connectivity index (χ3n) is 4.89. The topological polar surface area (TPSA) is 79.2 Å². The van der Waals surface area contributed by atoms with Gasteiger partial charge < -0.3 is 10.1 Å². The van der Waals surface area contributed by atoms with Crippen LogP contribution in [-0.2, 0) is 19.7 Å². The molecule has 1 fully saturated rings. The molecule has 27 heavy (non-hydrogen) atoms. The second-order valence-corrected chi connectivity index (χ2v) is 6.55. The van der Waals surface area contributed by atoms with Gasteiger partial charge in [-0.25, -0.2) is 4.39 Å². The highest BCUT2D eigenvalue weighted by Crippen LogP contribution is 2.43. The minimum absolute atomic E-state index is 0.316. The third-order valence-corrected chi connectivity index (χ3v) is 4.89. The van der Waals surface area contributed by atoms with Gasteiger partial charge in [0.1, 0.15) is 11.9 Å². The molecule has 0 radical (unpaired) electrons. The lowest BCUT2D eigenvalue weighted by molar-refractivity contribution is -0.153. The molecule has 2 aromatic rings. The first-order chi connectivity index (χ1) is 13.1. The van der Waals surface area contributed by atoms with E-state index in [-0.39, 0.29) is 0 Å². The summed E-state index contributed by atoms with van der Waals surface area (Å²) in [5.74, 6) is -1.58. The maximum atomic E-state index is 14.3. The molecular weight excluding hydrogens is 347 g/mol. The van der Waals surface area contributed by atoms with E-state index < -0.39 is 29.7 Å². The average Bonchev–Trinajstić information content (AvgIpc) is 3.18. The molecule has 0 bridgehead atoms. The van der Waals surface area contributed by atoms with Crippen LogP contribution in [0.4, 0.5) is 10.1 Å². The molecule has 0 unspecified atom stereocenters. The zero-order valence-corrected chi connectivity index (χ0v) is 14.7. The molecule has 1 N–H and O–H groups in total. The van der Waals surface area contributed by atoms with Gasteiger partial charge in [-0.1, -0.05) is 43.2 Å². The number of ether oxygens (including phenoxy) is 1. The molecule has 138 valence electrons. The zero-order valence-electron chi connectivity index (χ0n) is 14.7. The average molecular weight is 366 g/mol. The van der Waals surface area contributed by atoms with Gasteiger partial charge in [-0.15, -0.1) is 0 Å². The van der Waals surface area contributed by atoms with Crippen LogP contribution in [0.5, 0.6) is 0 Å². The van der Waals surface area contributed by atoms with Gasteiger partial charge in [0.2, 0.25) is 0 Å². The molecule has 0 aliphatic heterocycles. The zero-order chi connectivity index (χ0) is 19.3. The number of benzene rings is 2. The van der Waals surface area contributed by atoms with Crippen LogP contribution in [0.1, 0.15) is 36.8 Å². The van der Waals surface area contributed by atoms with Gasteiger partial charge in [0.05, 0.1) is 16.7 Å². The Morgan fingerprint density at radius 2 is 1.78 bits per heavy atom. The van der Waals surface area contributed by atoms with Crippen LogP contribution in [0.15, 0.2) is 48.5 Å². The molecule has 1 aliphatic carbocycles. The first-order valence-corrected chi connectivity index (χ1v) is 8.78. The van der Waals surface area contributed by atoms with Gasteiger partial charge >= 0.3 is 5.97 Å². The lowest BCUT2D eigenvalue weighted by Crippen LogP contribution is -2.37. The van der Waals surface area contributed by atoms with Crippen LogP contribution in [0.2, 0.25) is 0 Å². The third kappa shape index (κ3) is 3.82. The normalized spacial score (nSPS) is 15.0. The summed E-state index contributed by atoms with van der Waals surface area (Å²) in [6.45, 7) is -0.491. The van der Waals surface area contributed by atoms with Crippen molar-refractivity contribution in [1.82, 2.24) is 0 Å². The molecule has 0 aromatic heterocycles. The molecule has 2 aromatic carbocycles. The molecular formula is C21H19FN2O3. The van der Waals surface area contributed by atoms with Crippen molar-refractivity contribution >= 4 is 17.6 Å². The summed E-state index contributed by atoms with van der Waals surface area (Å²) in [7, 11) is 0. The maximum Gasteiger partial charge on any atom is 0.317 e. The van der Waals surface area contributed by atoms with Gasteiger partial charge in [0, 0.05) is 5.56 Å². The van der Waals surface area contributed by atoms with E-state index in [1.165, 1.54) is 6.07 Å².